The summed E-state index contributed by atoms with van der Waals surface area (Å²) in [5, 5.41) is 5.85. The van der Waals surface area contributed by atoms with Crippen molar-refractivity contribution in [3.8, 4) is 56.0 Å². The van der Waals surface area contributed by atoms with Gasteiger partial charge in [-0.05, 0) is 78.0 Å². The molecule has 1 aliphatic heterocycles. The van der Waals surface area contributed by atoms with E-state index in [9.17, 15) is 2.74 Å². The van der Waals surface area contributed by atoms with Gasteiger partial charge in [-0.3, -0.25) is 0 Å². The summed E-state index contributed by atoms with van der Waals surface area (Å²) in [7, 11) is 0. The van der Waals surface area contributed by atoms with E-state index in [1.54, 1.807) is 0 Å². The van der Waals surface area contributed by atoms with Crippen LogP contribution in [0.5, 0.6) is 11.5 Å². The van der Waals surface area contributed by atoms with Crippen LogP contribution in [0.2, 0.25) is 0 Å². The standard InChI is InChI=1S/C42H26O/c1-2-11-27(12-3-1)28-21-23-29(24-22-28)40-31-14-4-6-16-33(31)41(34-17-7-5-15-32(34)40)37-26-25-36-30-13-8-9-19-38(30)43-39-20-10-18-35(37)42(36)39/h1-26H/i14D,17D. The smallest absolute Gasteiger partial charge is 0.135 e. The van der Waals surface area contributed by atoms with Crippen LogP contribution >= 0.6 is 0 Å². The zero-order valence-corrected chi connectivity index (χ0v) is 23.3. The molecule has 8 aromatic rings. The predicted molar refractivity (Wildman–Crippen MR) is 181 cm³/mol. The fourth-order valence-corrected chi connectivity index (χ4v) is 6.81. The van der Waals surface area contributed by atoms with Gasteiger partial charge in [0.2, 0.25) is 0 Å². The summed E-state index contributed by atoms with van der Waals surface area (Å²) in [6.07, 6.45) is 0. The zero-order chi connectivity index (χ0) is 30.1. The van der Waals surface area contributed by atoms with Crippen LogP contribution in [0.1, 0.15) is 2.74 Å². The number of benzene rings is 8. The lowest BCUT2D eigenvalue weighted by Crippen LogP contribution is -1.98. The maximum Gasteiger partial charge on any atom is 0.135 e. The van der Waals surface area contributed by atoms with Gasteiger partial charge >= 0.3 is 0 Å². The Morgan fingerprint density at radius 2 is 0.930 bits per heavy atom. The van der Waals surface area contributed by atoms with Crippen molar-refractivity contribution < 1.29 is 7.48 Å². The molecule has 8 aromatic carbocycles. The monoisotopic (exact) mass is 548 g/mol. The van der Waals surface area contributed by atoms with E-state index in [0.717, 1.165) is 88.3 Å². The Morgan fingerprint density at radius 1 is 0.349 bits per heavy atom. The molecule has 0 fully saturated rings. The van der Waals surface area contributed by atoms with Crippen LogP contribution in [0.25, 0.3) is 76.8 Å². The topological polar surface area (TPSA) is 9.23 Å². The van der Waals surface area contributed by atoms with Crippen LogP contribution < -0.4 is 4.74 Å². The third-order valence-corrected chi connectivity index (χ3v) is 8.70. The fourth-order valence-electron chi connectivity index (χ4n) is 6.81. The van der Waals surface area contributed by atoms with E-state index in [0.29, 0.717) is 12.1 Å². The van der Waals surface area contributed by atoms with Crippen molar-refractivity contribution >= 4 is 32.3 Å². The van der Waals surface area contributed by atoms with Crippen molar-refractivity contribution in [2.24, 2.45) is 0 Å². The van der Waals surface area contributed by atoms with E-state index in [-0.39, 0.29) is 0 Å². The highest BCUT2D eigenvalue weighted by Gasteiger charge is 2.23. The highest BCUT2D eigenvalue weighted by Crippen LogP contribution is 2.51. The van der Waals surface area contributed by atoms with Gasteiger partial charge in [-0.1, -0.05) is 146 Å². The first kappa shape index (κ1) is 22.0. The highest BCUT2D eigenvalue weighted by atomic mass is 16.5. The molecule has 0 bridgehead atoms. The summed E-state index contributed by atoms with van der Waals surface area (Å²) >= 11 is 0. The lowest BCUT2D eigenvalue weighted by molar-refractivity contribution is 0.487. The van der Waals surface area contributed by atoms with Crippen LogP contribution in [0, 0.1) is 0 Å². The molecular weight excluding hydrogens is 520 g/mol. The van der Waals surface area contributed by atoms with Crippen molar-refractivity contribution in [3.05, 3.63) is 158 Å². The van der Waals surface area contributed by atoms with E-state index in [2.05, 4.69) is 84.9 Å². The number of ether oxygens (including phenoxy) is 1. The number of hydrogen-bond donors (Lipinski definition) is 0. The number of hydrogen-bond acceptors (Lipinski definition) is 1. The predicted octanol–water partition coefficient (Wildman–Crippen LogP) is 11.9. The van der Waals surface area contributed by atoms with Gasteiger partial charge in [-0.25, -0.2) is 0 Å². The van der Waals surface area contributed by atoms with Gasteiger partial charge in [0.15, 0.2) is 0 Å². The van der Waals surface area contributed by atoms with E-state index in [1.165, 1.54) is 0 Å². The second-order valence-electron chi connectivity index (χ2n) is 11.0. The molecule has 0 saturated carbocycles. The normalized spacial score (nSPS) is 12.6. The van der Waals surface area contributed by atoms with E-state index in [4.69, 9.17) is 4.74 Å². The van der Waals surface area contributed by atoms with Gasteiger partial charge in [0, 0.05) is 10.9 Å². The Morgan fingerprint density at radius 3 is 1.74 bits per heavy atom. The first-order valence-corrected chi connectivity index (χ1v) is 14.6. The molecule has 0 aliphatic carbocycles. The molecular formula is C42H26O. The van der Waals surface area contributed by atoms with Gasteiger partial charge in [-0.15, -0.1) is 0 Å². The molecule has 0 unspecified atom stereocenters. The fraction of sp³-hybridized carbons (Fsp3) is 0. The molecule has 200 valence electrons. The lowest BCUT2D eigenvalue weighted by Gasteiger charge is -2.24. The van der Waals surface area contributed by atoms with Crippen molar-refractivity contribution in [1.29, 1.82) is 0 Å². The first-order valence-electron chi connectivity index (χ1n) is 15.6. The first-order chi connectivity index (χ1) is 22.2. The minimum atomic E-state index is 0.462. The maximum atomic E-state index is 9.25. The average molecular weight is 549 g/mol. The lowest BCUT2D eigenvalue weighted by atomic mass is 9.83. The summed E-state index contributed by atoms with van der Waals surface area (Å²) in [5.74, 6) is 1.69. The SMILES string of the molecule is [2H]c1cccc2c(-c3ccc4c5c(cccc35)Oc3ccccc3-4)c3c([2H])cccc3c(-c3ccc(-c4ccccc4)cc3)c12. The van der Waals surface area contributed by atoms with Gasteiger partial charge in [-0.2, -0.15) is 0 Å². The van der Waals surface area contributed by atoms with Crippen molar-refractivity contribution in [3.63, 3.8) is 0 Å². The third-order valence-electron chi connectivity index (χ3n) is 8.70. The summed E-state index contributed by atoms with van der Waals surface area (Å²) in [6, 6.07) is 50.5. The number of fused-ring (bicyclic) bond motifs is 4. The molecule has 0 amide bonds. The molecule has 43 heavy (non-hydrogen) atoms. The Balaban J connectivity index is 1.37. The maximum absolute atomic E-state index is 9.25. The molecule has 1 heterocycles. The summed E-state index contributed by atoms with van der Waals surface area (Å²) in [6.45, 7) is 0. The Bertz CT molecular complexity index is 2460. The molecule has 9 rings (SSSR count). The summed E-state index contributed by atoms with van der Waals surface area (Å²) < 4.78 is 24.9. The molecule has 0 atom stereocenters. The molecule has 0 spiro atoms. The second kappa shape index (κ2) is 9.44. The summed E-state index contributed by atoms with van der Waals surface area (Å²) in [4.78, 5) is 0. The van der Waals surface area contributed by atoms with Gasteiger partial charge in [0.25, 0.3) is 0 Å². The van der Waals surface area contributed by atoms with E-state index in [1.807, 2.05) is 60.7 Å². The van der Waals surface area contributed by atoms with E-state index < -0.39 is 0 Å². The van der Waals surface area contributed by atoms with Crippen LogP contribution in [0.3, 0.4) is 0 Å². The van der Waals surface area contributed by atoms with Gasteiger partial charge in [0.05, 0.1) is 2.74 Å². The Labute approximate surface area is 253 Å². The van der Waals surface area contributed by atoms with Crippen LogP contribution in [-0.2, 0) is 0 Å². The Kier molecular flexibility index (Phi) is 4.83. The molecule has 0 aromatic heterocycles. The van der Waals surface area contributed by atoms with Crippen molar-refractivity contribution in [1.82, 2.24) is 0 Å². The molecule has 0 N–H and O–H groups in total. The minimum absolute atomic E-state index is 0.462. The van der Waals surface area contributed by atoms with Crippen LogP contribution in [0.15, 0.2) is 158 Å². The zero-order valence-electron chi connectivity index (χ0n) is 25.3. The Hall–Kier alpha value is -5.66. The number of para-hydroxylation sites is 1. The largest absolute Gasteiger partial charge is 0.456 e. The van der Waals surface area contributed by atoms with Crippen LogP contribution in [0.4, 0.5) is 0 Å². The molecule has 1 nitrogen and oxygen atoms in total. The van der Waals surface area contributed by atoms with E-state index >= 15 is 0 Å². The number of rotatable bonds is 3. The average Bonchev–Trinajstić information content (AvgIpc) is 3.09. The minimum Gasteiger partial charge on any atom is -0.456 e. The quantitative estimate of drug-likeness (QED) is 0.200. The molecule has 0 radical (unpaired) electrons. The summed E-state index contributed by atoms with van der Waals surface area (Å²) in [5.41, 5.74) is 8.56. The van der Waals surface area contributed by atoms with Crippen molar-refractivity contribution in [2.45, 2.75) is 0 Å². The van der Waals surface area contributed by atoms with Crippen molar-refractivity contribution in [2.75, 3.05) is 0 Å². The third kappa shape index (κ3) is 3.65. The van der Waals surface area contributed by atoms with Gasteiger partial charge in [0.1, 0.15) is 11.5 Å². The van der Waals surface area contributed by atoms with Gasteiger partial charge < -0.3 is 4.74 Å². The molecule has 1 heteroatoms. The van der Waals surface area contributed by atoms with Crippen LogP contribution in [-0.4, -0.2) is 0 Å². The molecule has 1 aliphatic rings. The second-order valence-corrected chi connectivity index (χ2v) is 11.0. The molecule has 0 saturated heterocycles. The highest BCUT2D eigenvalue weighted by molar-refractivity contribution is 6.24.